The van der Waals surface area contributed by atoms with Gasteiger partial charge in [-0.15, -0.1) is 11.8 Å². The van der Waals surface area contributed by atoms with Crippen LogP contribution in [0.15, 0.2) is 30.3 Å². The standard InChI is InChI=1S/C11H15NS/c1-2-4-11(5-3-1)6-7-12-8-9-13-10-12/h1-5H,6-10H2. The molecule has 1 aromatic rings. The molecule has 13 heavy (non-hydrogen) atoms. The summed E-state index contributed by atoms with van der Waals surface area (Å²) in [7, 11) is 0. The van der Waals surface area contributed by atoms with Gasteiger partial charge in [0.05, 0.1) is 0 Å². The minimum Gasteiger partial charge on any atom is -0.293 e. The predicted molar refractivity (Wildman–Crippen MR) is 59.0 cm³/mol. The van der Waals surface area contributed by atoms with Crippen LogP contribution in [0.25, 0.3) is 0 Å². The lowest BCUT2D eigenvalue weighted by molar-refractivity contribution is 0.361. The highest BCUT2D eigenvalue weighted by molar-refractivity contribution is 7.99. The smallest absolute Gasteiger partial charge is 0.0445 e. The largest absolute Gasteiger partial charge is 0.293 e. The summed E-state index contributed by atoms with van der Waals surface area (Å²) in [6.07, 6.45) is 1.20. The molecule has 0 N–H and O–H groups in total. The fourth-order valence-electron chi connectivity index (χ4n) is 1.56. The maximum absolute atomic E-state index is 2.53. The zero-order valence-electron chi connectivity index (χ0n) is 7.78. The predicted octanol–water partition coefficient (Wildman–Crippen LogP) is 2.24. The molecule has 1 fully saturated rings. The quantitative estimate of drug-likeness (QED) is 0.724. The SMILES string of the molecule is c1ccc(CCN2CCSC2)cc1. The summed E-state index contributed by atoms with van der Waals surface area (Å²) in [4.78, 5) is 2.53. The Morgan fingerprint density at radius 2 is 2.08 bits per heavy atom. The van der Waals surface area contributed by atoms with Crippen molar-refractivity contribution in [1.29, 1.82) is 0 Å². The number of rotatable bonds is 3. The van der Waals surface area contributed by atoms with Gasteiger partial charge in [0, 0.05) is 24.7 Å². The Bertz CT molecular complexity index is 242. The van der Waals surface area contributed by atoms with Crippen molar-refractivity contribution in [1.82, 2.24) is 4.90 Å². The number of hydrogen-bond donors (Lipinski definition) is 0. The van der Waals surface area contributed by atoms with Gasteiger partial charge in [-0.1, -0.05) is 30.3 Å². The molecule has 1 saturated heterocycles. The highest BCUT2D eigenvalue weighted by Gasteiger charge is 2.10. The second-order valence-corrected chi connectivity index (χ2v) is 4.47. The molecule has 1 heterocycles. The average Bonchev–Trinajstić information content (AvgIpc) is 2.69. The summed E-state index contributed by atoms with van der Waals surface area (Å²) in [5.41, 5.74) is 1.46. The topological polar surface area (TPSA) is 3.24 Å². The van der Waals surface area contributed by atoms with Gasteiger partial charge in [0.15, 0.2) is 0 Å². The molecule has 1 aliphatic rings. The number of benzene rings is 1. The molecule has 0 radical (unpaired) electrons. The molecule has 0 atom stereocenters. The first-order valence-corrected chi connectivity index (χ1v) is 5.94. The zero-order chi connectivity index (χ0) is 8.93. The summed E-state index contributed by atoms with van der Waals surface area (Å²) in [6.45, 7) is 2.49. The molecule has 0 saturated carbocycles. The van der Waals surface area contributed by atoms with E-state index in [1.165, 1.54) is 36.7 Å². The van der Waals surface area contributed by atoms with E-state index in [0.29, 0.717) is 0 Å². The van der Waals surface area contributed by atoms with Crippen molar-refractivity contribution in [2.75, 3.05) is 24.7 Å². The van der Waals surface area contributed by atoms with Crippen LogP contribution >= 0.6 is 11.8 Å². The number of hydrogen-bond acceptors (Lipinski definition) is 2. The zero-order valence-corrected chi connectivity index (χ0v) is 8.59. The third-order valence-corrected chi connectivity index (χ3v) is 3.40. The first-order chi connectivity index (χ1) is 6.45. The van der Waals surface area contributed by atoms with Gasteiger partial charge in [-0.2, -0.15) is 0 Å². The second kappa shape index (κ2) is 4.68. The van der Waals surface area contributed by atoms with E-state index in [-0.39, 0.29) is 0 Å². The molecule has 70 valence electrons. The van der Waals surface area contributed by atoms with Crippen LogP contribution in [0.1, 0.15) is 5.56 Å². The summed E-state index contributed by atoms with van der Waals surface area (Å²) >= 11 is 2.04. The van der Waals surface area contributed by atoms with Crippen molar-refractivity contribution in [2.24, 2.45) is 0 Å². The van der Waals surface area contributed by atoms with Gasteiger partial charge in [0.1, 0.15) is 0 Å². The molecule has 0 aromatic heterocycles. The molecule has 0 unspecified atom stereocenters. The van der Waals surface area contributed by atoms with Crippen molar-refractivity contribution in [3.05, 3.63) is 35.9 Å². The van der Waals surface area contributed by atoms with E-state index in [0.717, 1.165) is 0 Å². The molecular weight excluding hydrogens is 178 g/mol. The molecule has 2 rings (SSSR count). The van der Waals surface area contributed by atoms with Crippen molar-refractivity contribution in [3.8, 4) is 0 Å². The van der Waals surface area contributed by atoms with E-state index in [1.54, 1.807) is 0 Å². The average molecular weight is 193 g/mol. The van der Waals surface area contributed by atoms with Gasteiger partial charge in [0.25, 0.3) is 0 Å². The van der Waals surface area contributed by atoms with Gasteiger partial charge in [0.2, 0.25) is 0 Å². The first kappa shape index (κ1) is 9.10. The maximum Gasteiger partial charge on any atom is 0.0445 e. The molecule has 0 amide bonds. The fourth-order valence-corrected chi connectivity index (χ4v) is 2.59. The van der Waals surface area contributed by atoms with Crippen molar-refractivity contribution >= 4 is 11.8 Å². The summed E-state index contributed by atoms with van der Waals surface area (Å²) in [5.74, 6) is 2.54. The van der Waals surface area contributed by atoms with Crippen molar-refractivity contribution in [2.45, 2.75) is 6.42 Å². The van der Waals surface area contributed by atoms with Crippen LogP contribution in [0.5, 0.6) is 0 Å². The maximum atomic E-state index is 2.53. The summed E-state index contributed by atoms with van der Waals surface area (Å²) in [6, 6.07) is 10.7. The third kappa shape index (κ3) is 2.75. The Labute approximate surface area is 84.1 Å². The molecule has 2 heteroatoms. The molecule has 0 aliphatic carbocycles. The van der Waals surface area contributed by atoms with E-state index in [9.17, 15) is 0 Å². The van der Waals surface area contributed by atoms with Gasteiger partial charge in [-0.3, -0.25) is 4.90 Å². The van der Waals surface area contributed by atoms with E-state index >= 15 is 0 Å². The Kier molecular flexibility index (Phi) is 3.27. The Morgan fingerprint density at radius 3 is 2.77 bits per heavy atom. The van der Waals surface area contributed by atoms with Crippen LogP contribution in [0.4, 0.5) is 0 Å². The second-order valence-electron chi connectivity index (χ2n) is 3.39. The summed E-state index contributed by atoms with van der Waals surface area (Å²) < 4.78 is 0. The lowest BCUT2D eigenvalue weighted by Gasteiger charge is -2.12. The number of nitrogens with zero attached hydrogens (tertiary/aromatic N) is 1. The highest BCUT2D eigenvalue weighted by Crippen LogP contribution is 2.13. The van der Waals surface area contributed by atoms with Gasteiger partial charge in [-0.25, -0.2) is 0 Å². The first-order valence-electron chi connectivity index (χ1n) is 4.79. The van der Waals surface area contributed by atoms with E-state index in [4.69, 9.17) is 0 Å². The lowest BCUT2D eigenvalue weighted by atomic mass is 10.1. The highest BCUT2D eigenvalue weighted by atomic mass is 32.2. The Morgan fingerprint density at radius 1 is 1.23 bits per heavy atom. The monoisotopic (exact) mass is 193 g/mol. The van der Waals surface area contributed by atoms with Crippen molar-refractivity contribution < 1.29 is 0 Å². The van der Waals surface area contributed by atoms with Crippen molar-refractivity contribution in [3.63, 3.8) is 0 Å². The number of thioether (sulfide) groups is 1. The minimum absolute atomic E-state index is 1.20. The van der Waals surface area contributed by atoms with E-state index in [1.807, 2.05) is 11.8 Å². The Hall–Kier alpha value is -0.470. The van der Waals surface area contributed by atoms with Gasteiger partial charge >= 0.3 is 0 Å². The molecule has 1 aromatic carbocycles. The lowest BCUT2D eigenvalue weighted by Crippen LogP contribution is -2.22. The van der Waals surface area contributed by atoms with Crippen LogP contribution in [0.3, 0.4) is 0 Å². The fraction of sp³-hybridized carbons (Fsp3) is 0.455. The van der Waals surface area contributed by atoms with Gasteiger partial charge < -0.3 is 0 Å². The molecule has 1 nitrogen and oxygen atoms in total. The van der Waals surface area contributed by atoms with E-state index in [2.05, 4.69) is 35.2 Å². The Balaban J connectivity index is 1.79. The van der Waals surface area contributed by atoms with Gasteiger partial charge in [-0.05, 0) is 12.0 Å². The minimum atomic E-state index is 1.20. The van der Waals surface area contributed by atoms with Crippen LogP contribution in [-0.2, 0) is 6.42 Å². The summed E-state index contributed by atoms with van der Waals surface area (Å²) in [5, 5.41) is 0. The molecule has 0 spiro atoms. The van der Waals surface area contributed by atoms with Crippen LogP contribution in [0.2, 0.25) is 0 Å². The van der Waals surface area contributed by atoms with Crippen LogP contribution in [-0.4, -0.2) is 29.6 Å². The van der Waals surface area contributed by atoms with Crippen LogP contribution < -0.4 is 0 Å². The third-order valence-electron chi connectivity index (χ3n) is 2.39. The van der Waals surface area contributed by atoms with E-state index < -0.39 is 0 Å². The molecule has 1 aliphatic heterocycles. The van der Waals surface area contributed by atoms with Crippen LogP contribution in [0, 0.1) is 0 Å². The molecule has 0 bridgehead atoms. The normalized spacial score (nSPS) is 17.8. The molecular formula is C11H15NS.